The average Bonchev–Trinajstić information content (AvgIpc) is 3.30. The topological polar surface area (TPSA) is 86.1 Å². The van der Waals surface area contributed by atoms with Crippen molar-refractivity contribution in [1.82, 2.24) is 29.7 Å². The third kappa shape index (κ3) is 3.37. The van der Waals surface area contributed by atoms with Crippen LogP contribution in [0.2, 0.25) is 0 Å². The van der Waals surface area contributed by atoms with Crippen molar-refractivity contribution in [1.29, 1.82) is 0 Å². The van der Waals surface area contributed by atoms with Crippen molar-refractivity contribution in [3.63, 3.8) is 0 Å². The molecule has 0 bridgehead atoms. The maximum atomic E-state index is 6.21. The summed E-state index contributed by atoms with van der Waals surface area (Å²) in [5.41, 5.74) is 10.1. The maximum absolute atomic E-state index is 6.21. The van der Waals surface area contributed by atoms with Crippen LogP contribution in [0.4, 0.5) is 5.82 Å². The van der Waals surface area contributed by atoms with Gasteiger partial charge in [-0.25, -0.2) is 4.98 Å². The molecule has 0 aliphatic carbocycles. The van der Waals surface area contributed by atoms with Crippen molar-refractivity contribution in [3.8, 4) is 11.1 Å². The molecule has 3 aromatic heterocycles. The van der Waals surface area contributed by atoms with Crippen LogP contribution < -0.4 is 11.1 Å². The molecular formula is C18H27N7. The second-order valence-electron chi connectivity index (χ2n) is 6.03. The molecule has 3 N–H and O–H groups in total. The third-order valence-electron chi connectivity index (χ3n) is 4.50. The summed E-state index contributed by atoms with van der Waals surface area (Å²) in [6, 6.07) is 1.96. The molecule has 7 nitrogen and oxygen atoms in total. The first-order valence-electron chi connectivity index (χ1n) is 9.14. The number of aromatic nitrogens is 5. The Morgan fingerprint density at radius 2 is 2.12 bits per heavy atom. The highest BCUT2D eigenvalue weighted by atomic mass is 15.3. The van der Waals surface area contributed by atoms with Crippen molar-refractivity contribution < 1.29 is 0 Å². The summed E-state index contributed by atoms with van der Waals surface area (Å²) in [4.78, 5) is 4.87. The Labute approximate surface area is 148 Å². The van der Waals surface area contributed by atoms with E-state index in [1.807, 2.05) is 43.2 Å². The molecule has 3 aromatic rings. The van der Waals surface area contributed by atoms with Gasteiger partial charge in [0.1, 0.15) is 5.82 Å². The Bertz CT molecular complexity index is 827. The number of hydrogen-bond donors (Lipinski definition) is 2. The molecule has 0 spiro atoms. The van der Waals surface area contributed by atoms with Crippen molar-refractivity contribution in [2.45, 2.75) is 46.1 Å². The van der Waals surface area contributed by atoms with Crippen LogP contribution in [0, 0.1) is 0 Å². The second kappa shape index (κ2) is 7.65. The van der Waals surface area contributed by atoms with Crippen LogP contribution >= 0.6 is 0 Å². The van der Waals surface area contributed by atoms with Gasteiger partial charge in [-0.1, -0.05) is 13.8 Å². The molecule has 1 saturated heterocycles. The normalized spacial score (nSPS) is 17.3. The molecule has 134 valence electrons. The van der Waals surface area contributed by atoms with Crippen LogP contribution in [0.15, 0.2) is 24.7 Å². The molecule has 25 heavy (non-hydrogen) atoms. The summed E-state index contributed by atoms with van der Waals surface area (Å²) in [7, 11) is 0. The standard InChI is InChI=1S/C16H21N7.C2H6/c1-2-22-10-12(8-19-22)13-9-20-23-15(17)6-14(21-16(13)23)11-4-3-5-18-7-11;1-2/h6,8-11,18H,2-5,7,17H2,1H3;1-2H3. The van der Waals surface area contributed by atoms with Gasteiger partial charge < -0.3 is 11.1 Å². The first kappa shape index (κ1) is 17.4. The minimum Gasteiger partial charge on any atom is -0.384 e. The number of nitrogens with zero attached hydrogens (tertiary/aromatic N) is 5. The average molecular weight is 341 g/mol. The van der Waals surface area contributed by atoms with E-state index in [-0.39, 0.29) is 0 Å². The van der Waals surface area contributed by atoms with E-state index in [0.29, 0.717) is 11.7 Å². The van der Waals surface area contributed by atoms with Crippen LogP contribution in [0.5, 0.6) is 0 Å². The molecule has 0 amide bonds. The highest BCUT2D eigenvalue weighted by Crippen LogP contribution is 2.28. The minimum atomic E-state index is 0.414. The number of nitrogen functional groups attached to an aromatic ring is 1. The lowest BCUT2D eigenvalue weighted by Crippen LogP contribution is -2.29. The number of fused-ring (bicyclic) bond motifs is 1. The number of nitrogens with two attached hydrogens (primary N) is 1. The lowest BCUT2D eigenvalue weighted by Gasteiger charge is -2.22. The van der Waals surface area contributed by atoms with Gasteiger partial charge in [-0.3, -0.25) is 4.68 Å². The maximum Gasteiger partial charge on any atom is 0.165 e. The molecule has 0 saturated carbocycles. The summed E-state index contributed by atoms with van der Waals surface area (Å²) in [5, 5.41) is 12.2. The number of piperidine rings is 1. The number of aryl methyl sites for hydroxylation is 1. The predicted octanol–water partition coefficient (Wildman–Crippen LogP) is 2.69. The highest BCUT2D eigenvalue weighted by molar-refractivity contribution is 5.77. The van der Waals surface area contributed by atoms with Crippen molar-refractivity contribution in [2.24, 2.45) is 0 Å². The molecule has 0 aromatic carbocycles. The quantitative estimate of drug-likeness (QED) is 0.765. The summed E-state index contributed by atoms with van der Waals surface area (Å²) < 4.78 is 3.61. The number of nitrogens with one attached hydrogen (secondary N) is 1. The lowest BCUT2D eigenvalue weighted by atomic mass is 9.96. The van der Waals surface area contributed by atoms with E-state index in [1.54, 1.807) is 4.52 Å². The Hall–Kier alpha value is -2.41. The fourth-order valence-corrected chi connectivity index (χ4v) is 3.20. The minimum absolute atomic E-state index is 0.414. The van der Waals surface area contributed by atoms with Gasteiger partial charge in [-0.15, -0.1) is 0 Å². The first-order chi connectivity index (χ1) is 12.3. The highest BCUT2D eigenvalue weighted by Gasteiger charge is 2.20. The smallest absolute Gasteiger partial charge is 0.165 e. The van der Waals surface area contributed by atoms with Gasteiger partial charge in [0.2, 0.25) is 0 Å². The monoisotopic (exact) mass is 341 g/mol. The Morgan fingerprint density at radius 3 is 2.80 bits per heavy atom. The van der Waals surface area contributed by atoms with Crippen molar-refractivity contribution >= 4 is 11.5 Å². The molecule has 7 heteroatoms. The van der Waals surface area contributed by atoms with Crippen LogP contribution in [0.25, 0.3) is 16.8 Å². The molecule has 1 aliphatic heterocycles. The third-order valence-corrected chi connectivity index (χ3v) is 4.50. The van der Waals surface area contributed by atoms with E-state index in [0.717, 1.165) is 48.5 Å². The van der Waals surface area contributed by atoms with E-state index in [4.69, 9.17) is 10.7 Å². The predicted molar refractivity (Wildman–Crippen MR) is 100 cm³/mol. The largest absolute Gasteiger partial charge is 0.384 e. The summed E-state index contributed by atoms with van der Waals surface area (Å²) >= 11 is 0. The zero-order valence-corrected chi connectivity index (χ0v) is 15.2. The van der Waals surface area contributed by atoms with Crippen LogP contribution in [-0.2, 0) is 6.54 Å². The SMILES string of the molecule is CC.CCn1cc(-c2cnn3c(N)cc(C4CCCNC4)nc23)cn1. The van der Waals surface area contributed by atoms with Gasteiger partial charge in [0.15, 0.2) is 5.65 Å². The van der Waals surface area contributed by atoms with E-state index in [1.165, 1.54) is 6.42 Å². The molecule has 1 atom stereocenters. The molecule has 4 rings (SSSR count). The second-order valence-corrected chi connectivity index (χ2v) is 6.03. The van der Waals surface area contributed by atoms with Gasteiger partial charge in [-0.2, -0.15) is 14.7 Å². The molecule has 1 aliphatic rings. The molecule has 4 heterocycles. The summed E-state index contributed by atoms with van der Waals surface area (Å²) in [6.45, 7) is 8.95. The van der Waals surface area contributed by atoms with Crippen molar-refractivity contribution in [3.05, 3.63) is 30.4 Å². The van der Waals surface area contributed by atoms with E-state index >= 15 is 0 Å². The molecule has 1 unspecified atom stereocenters. The molecular weight excluding hydrogens is 314 g/mol. The van der Waals surface area contributed by atoms with Gasteiger partial charge in [0.05, 0.1) is 18.1 Å². The molecule has 1 fully saturated rings. The Morgan fingerprint density at radius 1 is 1.28 bits per heavy atom. The first-order valence-corrected chi connectivity index (χ1v) is 9.14. The number of rotatable bonds is 3. The van der Waals surface area contributed by atoms with Gasteiger partial charge in [0, 0.05) is 42.4 Å². The van der Waals surface area contributed by atoms with Gasteiger partial charge in [0.25, 0.3) is 0 Å². The van der Waals surface area contributed by atoms with E-state index in [2.05, 4.69) is 22.4 Å². The van der Waals surface area contributed by atoms with Crippen LogP contribution in [0.1, 0.15) is 45.2 Å². The van der Waals surface area contributed by atoms with Crippen LogP contribution in [0.3, 0.4) is 0 Å². The zero-order valence-electron chi connectivity index (χ0n) is 15.2. The fraction of sp³-hybridized carbons (Fsp3) is 0.500. The number of anilines is 1. The van der Waals surface area contributed by atoms with E-state index in [9.17, 15) is 0 Å². The number of hydrogen-bond acceptors (Lipinski definition) is 5. The van der Waals surface area contributed by atoms with Gasteiger partial charge >= 0.3 is 0 Å². The zero-order chi connectivity index (χ0) is 17.8. The molecule has 0 radical (unpaired) electrons. The van der Waals surface area contributed by atoms with Crippen LogP contribution in [-0.4, -0.2) is 37.5 Å². The Kier molecular flexibility index (Phi) is 5.33. The van der Waals surface area contributed by atoms with E-state index < -0.39 is 0 Å². The fourth-order valence-electron chi connectivity index (χ4n) is 3.20. The van der Waals surface area contributed by atoms with Crippen molar-refractivity contribution in [2.75, 3.05) is 18.8 Å². The summed E-state index contributed by atoms with van der Waals surface area (Å²) in [6.07, 6.45) is 8.01. The van der Waals surface area contributed by atoms with Gasteiger partial charge in [-0.05, 0) is 26.3 Å². The Balaban J connectivity index is 0.000000880. The summed E-state index contributed by atoms with van der Waals surface area (Å²) in [5.74, 6) is 1.04. The lowest BCUT2D eigenvalue weighted by molar-refractivity contribution is 0.455.